The molecule has 0 fully saturated rings. The van der Waals surface area contributed by atoms with E-state index in [4.69, 9.17) is 0 Å². The van der Waals surface area contributed by atoms with Crippen molar-refractivity contribution in [3.05, 3.63) is 22.3 Å². The molecular weight excluding hydrogens is 282 g/mol. The van der Waals surface area contributed by atoms with Crippen molar-refractivity contribution < 1.29 is 4.79 Å². The molecule has 0 saturated heterocycles. The molecule has 0 aliphatic heterocycles. The molecule has 0 atom stereocenters. The van der Waals surface area contributed by atoms with E-state index in [0.717, 1.165) is 29.1 Å². The number of aryl methyl sites for hydroxylation is 1. The van der Waals surface area contributed by atoms with Gasteiger partial charge in [-0.3, -0.25) is 4.79 Å². The summed E-state index contributed by atoms with van der Waals surface area (Å²) in [6.07, 6.45) is 0. The number of amides is 1. The smallest absolute Gasteiger partial charge is 0.241 e. The lowest BCUT2D eigenvalue weighted by Gasteiger charge is -2.18. The van der Waals surface area contributed by atoms with Gasteiger partial charge in [-0.2, -0.15) is 0 Å². The summed E-state index contributed by atoms with van der Waals surface area (Å²) in [7, 11) is 0. The van der Waals surface area contributed by atoms with Crippen molar-refractivity contribution in [3.8, 4) is 0 Å². The van der Waals surface area contributed by atoms with E-state index >= 15 is 0 Å². The molecule has 1 aromatic rings. The van der Waals surface area contributed by atoms with Gasteiger partial charge in [0.25, 0.3) is 0 Å². The standard InChI is InChI=1S/C12H18BrN3O/c1-4-16(5-2)12(17)8-14-11-7-6-10(13)9(3)15-11/h6-7H,4-5,8H2,1-3H3,(H,14,15). The molecule has 0 aromatic carbocycles. The molecule has 0 aliphatic carbocycles. The fourth-order valence-electron chi connectivity index (χ4n) is 1.50. The summed E-state index contributed by atoms with van der Waals surface area (Å²) in [6.45, 7) is 7.64. The average Bonchev–Trinajstić information content (AvgIpc) is 2.32. The molecule has 1 N–H and O–H groups in total. The molecule has 0 radical (unpaired) electrons. The molecule has 1 heterocycles. The Kier molecular flexibility index (Phi) is 5.41. The first kappa shape index (κ1) is 14.0. The Morgan fingerprint density at radius 1 is 1.41 bits per heavy atom. The lowest BCUT2D eigenvalue weighted by atomic mass is 10.3. The van der Waals surface area contributed by atoms with Crippen LogP contribution >= 0.6 is 15.9 Å². The first-order valence-electron chi connectivity index (χ1n) is 5.73. The number of pyridine rings is 1. The topological polar surface area (TPSA) is 45.2 Å². The Labute approximate surface area is 111 Å². The fraction of sp³-hybridized carbons (Fsp3) is 0.500. The third-order valence-electron chi connectivity index (χ3n) is 2.56. The third-order valence-corrected chi connectivity index (χ3v) is 3.40. The number of carbonyl (C=O) groups is 1. The van der Waals surface area contributed by atoms with Crippen molar-refractivity contribution in [2.75, 3.05) is 25.0 Å². The number of aromatic nitrogens is 1. The van der Waals surface area contributed by atoms with Crippen molar-refractivity contribution in [1.82, 2.24) is 9.88 Å². The Bertz CT molecular complexity index is 391. The number of nitrogens with zero attached hydrogens (tertiary/aromatic N) is 2. The van der Waals surface area contributed by atoms with E-state index < -0.39 is 0 Å². The lowest BCUT2D eigenvalue weighted by molar-refractivity contribution is -0.128. The fourth-order valence-corrected chi connectivity index (χ4v) is 1.72. The quantitative estimate of drug-likeness (QED) is 0.908. The van der Waals surface area contributed by atoms with Crippen LogP contribution in [0.15, 0.2) is 16.6 Å². The molecule has 1 amide bonds. The summed E-state index contributed by atoms with van der Waals surface area (Å²) < 4.78 is 0.970. The summed E-state index contributed by atoms with van der Waals surface area (Å²) in [6, 6.07) is 3.78. The molecule has 0 saturated carbocycles. The number of hydrogen-bond donors (Lipinski definition) is 1. The van der Waals surface area contributed by atoms with Crippen LogP contribution in [-0.2, 0) is 4.79 Å². The summed E-state index contributed by atoms with van der Waals surface area (Å²) in [5.74, 6) is 0.823. The predicted octanol–water partition coefficient (Wildman–Crippen LogP) is 2.43. The van der Waals surface area contributed by atoms with E-state index in [0.29, 0.717) is 0 Å². The van der Waals surface area contributed by atoms with Gasteiger partial charge in [0.2, 0.25) is 5.91 Å². The van der Waals surface area contributed by atoms with Gasteiger partial charge in [-0.25, -0.2) is 4.98 Å². The van der Waals surface area contributed by atoms with Crippen LogP contribution in [0.2, 0.25) is 0 Å². The number of rotatable bonds is 5. The normalized spacial score (nSPS) is 10.1. The highest BCUT2D eigenvalue weighted by Gasteiger charge is 2.09. The molecule has 0 unspecified atom stereocenters. The molecule has 4 nitrogen and oxygen atoms in total. The highest BCUT2D eigenvalue weighted by atomic mass is 79.9. The molecule has 0 spiro atoms. The van der Waals surface area contributed by atoms with Crippen LogP contribution in [0.5, 0.6) is 0 Å². The SMILES string of the molecule is CCN(CC)C(=O)CNc1ccc(Br)c(C)n1. The van der Waals surface area contributed by atoms with Gasteiger partial charge in [-0.1, -0.05) is 0 Å². The molecule has 5 heteroatoms. The molecule has 1 aromatic heterocycles. The first-order valence-corrected chi connectivity index (χ1v) is 6.52. The van der Waals surface area contributed by atoms with Crippen LogP contribution in [-0.4, -0.2) is 35.4 Å². The third kappa shape index (κ3) is 4.00. The number of carbonyl (C=O) groups excluding carboxylic acids is 1. The zero-order chi connectivity index (χ0) is 12.8. The Balaban J connectivity index is 2.55. The van der Waals surface area contributed by atoms with E-state index in [1.165, 1.54) is 0 Å². The van der Waals surface area contributed by atoms with Gasteiger partial charge < -0.3 is 10.2 Å². The van der Waals surface area contributed by atoms with Gasteiger partial charge in [-0.05, 0) is 48.8 Å². The second-order valence-electron chi connectivity index (χ2n) is 3.68. The molecule has 94 valence electrons. The molecule has 0 aliphatic rings. The zero-order valence-electron chi connectivity index (χ0n) is 10.5. The van der Waals surface area contributed by atoms with Crippen LogP contribution in [0.3, 0.4) is 0 Å². The maximum Gasteiger partial charge on any atom is 0.241 e. The number of anilines is 1. The Hall–Kier alpha value is -1.10. The highest BCUT2D eigenvalue weighted by Crippen LogP contribution is 2.15. The highest BCUT2D eigenvalue weighted by molar-refractivity contribution is 9.10. The van der Waals surface area contributed by atoms with Crippen LogP contribution in [0.1, 0.15) is 19.5 Å². The van der Waals surface area contributed by atoms with Gasteiger partial charge in [0.1, 0.15) is 5.82 Å². The van der Waals surface area contributed by atoms with Gasteiger partial charge in [0.05, 0.1) is 12.2 Å². The largest absolute Gasteiger partial charge is 0.361 e. The monoisotopic (exact) mass is 299 g/mol. The summed E-state index contributed by atoms with van der Waals surface area (Å²) in [5.41, 5.74) is 0.908. The molecular formula is C12H18BrN3O. The number of likely N-dealkylation sites (N-methyl/N-ethyl adjacent to an activating group) is 1. The van der Waals surface area contributed by atoms with Crippen molar-refractivity contribution in [2.45, 2.75) is 20.8 Å². The second kappa shape index (κ2) is 6.59. The maximum absolute atomic E-state index is 11.8. The van der Waals surface area contributed by atoms with Crippen molar-refractivity contribution in [3.63, 3.8) is 0 Å². The van der Waals surface area contributed by atoms with Gasteiger partial charge in [0, 0.05) is 17.6 Å². The van der Waals surface area contributed by atoms with Crippen LogP contribution < -0.4 is 5.32 Å². The van der Waals surface area contributed by atoms with Crippen molar-refractivity contribution in [2.24, 2.45) is 0 Å². The van der Waals surface area contributed by atoms with E-state index in [1.54, 1.807) is 4.90 Å². The van der Waals surface area contributed by atoms with Crippen LogP contribution in [0.4, 0.5) is 5.82 Å². The summed E-state index contributed by atoms with van der Waals surface area (Å²) in [4.78, 5) is 17.9. The number of halogens is 1. The van der Waals surface area contributed by atoms with Crippen molar-refractivity contribution in [1.29, 1.82) is 0 Å². The van der Waals surface area contributed by atoms with Crippen LogP contribution in [0, 0.1) is 6.92 Å². The predicted molar refractivity (Wildman–Crippen MR) is 73.1 cm³/mol. The van der Waals surface area contributed by atoms with E-state index in [9.17, 15) is 4.79 Å². The Morgan fingerprint density at radius 3 is 2.59 bits per heavy atom. The average molecular weight is 300 g/mol. The number of nitrogens with one attached hydrogen (secondary N) is 1. The minimum absolute atomic E-state index is 0.0948. The van der Waals surface area contributed by atoms with E-state index in [2.05, 4.69) is 26.2 Å². The minimum atomic E-state index is 0.0948. The summed E-state index contributed by atoms with van der Waals surface area (Å²) in [5, 5.41) is 3.04. The zero-order valence-corrected chi connectivity index (χ0v) is 12.0. The first-order chi connectivity index (χ1) is 8.08. The van der Waals surface area contributed by atoms with E-state index in [1.807, 2.05) is 32.9 Å². The van der Waals surface area contributed by atoms with Crippen molar-refractivity contribution >= 4 is 27.7 Å². The van der Waals surface area contributed by atoms with Gasteiger partial charge in [0.15, 0.2) is 0 Å². The molecule has 1 rings (SSSR count). The van der Waals surface area contributed by atoms with E-state index in [-0.39, 0.29) is 12.5 Å². The second-order valence-corrected chi connectivity index (χ2v) is 4.54. The minimum Gasteiger partial charge on any atom is -0.361 e. The molecule has 17 heavy (non-hydrogen) atoms. The van der Waals surface area contributed by atoms with Crippen LogP contribution in [0.25, 0.3) is 0 Å². The molecule has 0 bridgehead atoms. The lowest BCUT2D eigenvalue weighted by Crippen LogP contribution is -2.35. The maximum atomic E-state index is 11.8. The van der Waals surface area contributed by atoms with Gasteiger partial charge in [-0.15, -0.1) is 0 Å². The number of hydrogen-bond acceptors (Lipinski definition) is 3. The Morgan fingerprint density at radius 2 is 2.06 bits per heavy atom. The van der Waals surface area contributed by atoms with Gasteiger partial charge >= 0.3 is 0 Å². The summed E-state index contributed by atoms with van der Waals surface area (Å²) >= 11 is 3.39.